The minimum atomic E-state index is -1.42. The van der Waals surface area contributed by atoms with Crippen molar-refractivity contribution in [2.75, 3.05) is 11.9 Å². The largest absolute Gasteiger partial charge is 0.478 e. The van der Waals surface area contributed by atoms with Crippen molar-refractivity contribution in [1.82, 2.24) is 0 Å². The average molecular weight is 254 g/mol. The fraction of sp³-hybridized carbons (Fsp3) is 0.333. The molecule has 0 fully saturated rings. The lowest BCUT2D eigenvalue weighted by molar-refractivity contribution is -0.116. The summed E-state index contributed by atoms with van der Waals surface area (Å²) in [7, 11) is 0. The summed E-state index contributed by atoms with van der Waals surface area (Å²) < 4.78 is 13.3. The summed E-state index contributed by atoms with van der Waals surface area (Å²) in [6.07, 6.45) is 0.159. The molecule has 0 saturated heterocycles. The van der Waals surface area contributed by atoms with Crippen LogP contribution >= 0.6 is 0 Å². The average Bonchev–Trinajstić information content (AvgIpc) is 2.28. The first kappa shape index (κ1) is 14.1. The topological polar surface area (TPSA) is 92.4 Å². The number of nitrogens with two attached hydrogens (primary N) is 1. The minimum absolute atomic E-state index is 0.0214. The Morgan fingerprint density at radius 1 is 1.50 bits per heavy atom. The van der Waals surface area contributed by atoms with Crippen molar-refractivity contribution in [3.05, 3.63) is 29.6 Å². The van der Waals surface area contributed by atoms with Crippen LogP contribution in [0.15, 0.2) is 18.2 Å². The molecule has 5 nitrogen and oxygen atoms in total. The maximum Gasteiger partial charge on any atom is 0.340 e. The Hall–Kier alpha value is -1.95. The van der Waals surface area contributed by atoms with Crippen molar-refractivity contribution in [3.63, 3.8) is 0 Å². The van der Waals surface area contributed by atoms with Gasteiger partial charge < -0.3 is 16.2 Å². The Bertz CT molecular complexity index is 463. The number of nitrogens with one attached hydrogen (secondary N) is 1. The van der Waals surface area contributed by atoms with Gasteiger partial charge in [-0.1, -0.05) is 13.0 Å². The molecule has 0 bridgehead atoms. The Balaban J connectivity index is 2.88. The maximum absolute atomic E-state index is 13.3. The zero-order valence-electron chi connectivity index (χ0n) is 9.94. The fourth-order valence-corrected chi connectivity index (χ4v) is 1.45. The van der Waals surface area contributed by atoms with Crippen LogP contribution < -0.4 is 11.1 Å². The van der Waals surface area contributed by atoms with Gasteiger partial charge in [-0.15, -0.1) is 0 Å². The Labute approximate surface area is 104 Å². The zero-order chi connectivity index (χ0) is 13.7. The van der Waals surface area contributed by atoms with Crippen LogP contribution in [0.5, 0.6) is 0 Å². The van der Waals surface area contributed by atoms with Gasteiger partial charge in [0.1, 0.15) is 11.4 Å². The number of anilines is 1. The molecule has 98 valence electrons. The molecule has 6 heteroatoms. The van der Waals surface area contributed by atoms with E-state index in [2.05, 4.69) is 5.32 Å². The van der Waals surface area contributed by atoms with E-state index >= 15 is 0 Å². The highest BCUT2D eigenvalue weighted by atomic mass is 19.1. The molecule has 0 aromatic heterocycles. The number of hydrogen-bond acceptors (Lipinski definition) is 3. The Morgan fingerprint density at radius 2 is 2.17 bits per heavy atom. The van der Waals surface area contributed by atoms with Gasteiger partial charge in [0.15, 0.2) is 0 Å². The predicted octanol–water partition coefficient (Wildman–Crippen LogP) is 1.45. The normalized spacial score (nSPS) is 11.9. The van der Waals surface area contributed by atoms with Crippen molar-refractivity contribution in [2.45, 2.75) is 13.3 Å². The minimum Gasteiger partial charge on any atom is -0.478 e. The van der Waals surface area contributed by atoms with E-state index in [1.54, 1.807) is 6.92 Å². The zero-order valence-corrected chi connectivity index (χ0v) is 9.94. The van der Waals surface area contributed by atoms with Gasteiger partial charge in [-0.2, -0.15) is 0 Å². The van der Waals surface area contributed by atoms with Crippen molar-refractivity contribution in [3.8, 4) is 0 Å². The van der Waals surface area contributed by atoms with Crippen LogP contribution in [-0.4, -0.2) is 23.5 Å². The molecule has 0 radical (unpaired) electrons. The van der Waals surface area contributed by atoms with Crippen LogP contribution in [0.3, 0.4) is 0 Å². The van der Waals surface area contributed by atoms with Gasteiger partial charge >= 0.3 is 5.97 Å². The highest BCUT2D eigenvalue weighted by molar-refractivity contribution is 6.00. The lowest BCUT2D eigenvalue weighted by Gasteiger charge is -2.11. The van der Waals surface area contributed by atoms with Crippen molar-refractivity contribution < 1.29 is 19.1 Å². The lowest BCUT2D eigenvalue weighted by atomic mass is 10.1. The van der Waals surface area contributed by atoms with Crippen LogP contribution in [0.25, 0.3) is 0 Å². The van der Waals surface area contributed by atoms with Gasteiger partial charge in [-0.25, -0.2) is 9.18 Å². The molecule has 1 unspecified atom stereocenters. The third-order valence-corrected chi connectivity index (χ3v) is 2.44. The molecule has 18 heavy (non-hydrogen) atoms. The van der Waals surface area contributed by atoms with Crippen LogP contribution in [0, 0.1) is 11.7 Å². The van der Waals surface area contributed by atoms with E-state index in [4.69, 9.17) is 10.8 Å². The van der Waals surface area contributed by atoms with E-state index in [1.165, 1.54) is 12.1 Å². The van der Waals surface area contributed by atoms with E-state index in [0.717, 1.165) is 6.07 Å². The van der Waals surface area contributed by atoms with Crippen LogP contribution in [0.2, 0.25) is 0 Å². The standard InChI is InChI=1S/C12H15FN2O3/c1-7(6-14)5-10(16)15-9-4-2-3-8(13)11(9)12(17)18/h2-4,7H,5-6,14H2,1H3,(H,15,16)(H,17,18). The SMILES string of the molecule is CC(CN)CC(=O)Nc1cccc(F)c1C(=O)O. The first-order chi connectivity index (χ1) is 8.45. The highest BCUT2D eigenvalue weighted by Crippen LogP contribution is 2.19. The molecule has 0 aliphatic heterocycles. The molecule has 0 saturated carbocycles. The fourth-order valence-electron chi connectivity index (χ4n) is 1.45. The Kier molecular flexibility index (Phi) is 4.79. The van der Waals surface area contributed by atoms with Crippen LogP contribution in [0.4, 0.5) is 10.1 Å². The molecule has 0 heterocycles. The number of halogens is 1. The number of carboxylic acid groups (broad SMARTS) is 1. The Morgan fingerprint density at radius 3 is 2.72 bits per heavy atom. The smallest absolute Gasteiger partial charge is 0.340 e. The number of carboxylic acids is 1. The summed E-state index contributed by atoms with van der Waals surface area (Å²) in [5, 5.41) is 11.3. The molecule has 0 aliphatic rings. The third-order valence-electron chi connectivity index (χ3n) is 2.44. The number of aromatic carboxylic acids is 1. The molecule has 0 aliphatic carbocycles. The first-order valence-electron chi connectivity index (χ1n) is 5.47. The maximum atomic E-state index is 13.3. The summed E-state index contributed by atoms with van der Waals surface area (Å²) in [5.74, 6) is -2.71. The summed E-state index contributed by atoms with van der Waals surface area (Å²) in [6.45, 7) is 2.14. The van der Waals surface area contributed by atoms with E-state index in [0.29, 0.717) is 6.54 Å². The van der Waals surface area contributed by atoms with Crippen molar-refractivity contribution >= 4 is 17.6 Å². The van der Waals surface area contributed by atoms with Crippen molar-refractivity contribution in [1.29, 1.82) is 0 Å². The molecular formula is C12H15FN2O3. The van der Waals surface area contributed by atoms with Gasteiger partial charge in [0.2, 0.25) is 5.91 Å². The summed E-state index contributed by atoms with van der Waals surface area (Å²) in [5.41, 5.74) is 4.80. The molecule has 1 aromatic rings. The second kappa shape index (κ2) is 6.11. The number of carbonyl (C=O) groups excluding carboxylic acids is 1. The number of amides is 1. The van der Waals surface area contributed by atoms with Gasteiger partial charge in [0, 0.05) is 6.42 Å². The second-order valence-corrected chi connectivity index (χ2v) is 4.06. The second-order valence-electron chi connectivity index (χ2n) is 4.06. The van der Waals surface area contributed by atoms with E-state index in [-0.39, 0.29) is 23.9 Å². The molecule has 0 spiro atoms. The number of carbonyl (C=O) groups is 2. The van der Waals surface area contributed by atoms with Gasteiger partial charge in [0.25, 0.3) is 0 Å². The summed E-state index contributed by atoms with van der Waals surface area (Å²) in [4.78, 5) is 22.5. The summed E-state index contributed by atoms with van der Waals surface area (Å²) in [6, 6.07) is 3.71. The predicted molar refractivity (Wildman–Crippen MR) is 64.8 cm³/mol. The lowest BCUT2D eigenvalue weighted by Crippen LogP contribution is -2.21. The molecular weight excluding hydrogens is 239 g/mol. The van der Waals surface area contributed by atoms with Gasteiger partial charge in [-0.3, -0.25) is 4.79 Å². The molecule has 4 N–H and O–H groups in total. The van der Waals surface area contributed by atoms with Crippen LogP contribution in [0.1, 0.15) is 23.7 Å². The molecule has 1 atom stereocenters. The van der Waals surface area contributed by atoms with Crippen LogP contribution in [-0.2, 0) is 4.79 Å². The van der Waals surface area contributed by atoms with E-state index < -0.39 is 17.3 Å². The number of benzene rings is 1. The quantitative estimate of drug-likeness (QED) is 0.741. The monoisotopic (exact) mass is 254 g/mol. The van der Waals surface area contributed by atoms with E-state index in [9.17, 15) is 14.0 Å². The molecule has 1 rings (SSSR count). The number of hydrogen-bond donors (Lipinski definition) is 3. The van der Waals surface area contributed by atoms with Gasteiger partial charge in [0.05, 0.1) is 5.69 Å². The highest BCUT2D eigenvalue weighted by Gasteiger charge is 2.17. The van der Waals surface area contributed by atoms with E-state index in [1.807, 2.05) is 0 Å². The third kappa shape index (κ3) is 3.53. The first-order valence-corrected chi connectivity index (χ1v) is 5.47. The number of rotatable bonds is 5. The van der Waals surface area contributed by atoms with Gasteiger partial charge in [-0.05, 0) is 24.6 Å². The summed E-state index contributed by atoms with van der Waals surface area (Å²) >= 11 is 0. The van der Waals surface area contributed by atoms with Crippen molar-refractivity contribution in [2.24, 2.45) is 11.7 Å². The molecule has 1 amide bonds. The molecule has 1 aromatic carbocycles.